The lowest BCUT2D eigenvalue weighted by atomic mass is 10.2. The Kier molecular flexibility index (Phi) is 3.94. The number of hydrogen-bond donors (Lipinski definition) is 1. The average Bonchev–Trinajstić information content (AvgIpc) is 2.74. The molecular formula is C12H10BrClN2OS. The molecule has 2 N–H and O–H groups in total. The smallest absolute Gasteiger partial charge is 0.269 e. The number of benzene rings is 1. The highest BCUT2D eigenvalue weighted by Crippen LogP contribution is 2.29. The molecule has 0 atom stereocenters. The van der Waals surface area contributed by atoms with Crippen molar-refractivity contribution in [3.8, 4) is 0 Å². The molecule has 6 heteroatoms. The molecule has 18 heavy (non-hydrogen) atoms. The summed E-state index contributed by atoms with van der Waals surface area (Å²) < 4.78 is 0.874. The molecule has 94 valence electrons. The van der Waals surface area contributed by atoms with Crippen LogP contribution in [0.15, 0.2) is 34.1 Å². The van der Waals surface area contributed by atoms with E-state index in [1.165, 1.54) is 16.2 Å². The number of anilines is 2. The first-order chi connectivity index (χ1) is 8.50. The van der Waals surface area contributed by atoms with Gasteiger partial charge in [0.25, 0.3) is 5.91 Å². The molecular weight excluding hydrogens is 336 g/mol. The number of halogens is 2. The van der Waals surface area contributed by atoms with Crippen LogP contribution in [-0.4, -0.2) is 13.0 Å². The molecule has 0 radical (unpaired) electrons. The highest BCUT2D eigenvalue weighted by Gasteiger charge is 2.19. The third-order valence-corrected chi connectivity index (χ3v) is 4.29. The van der Waals surface area contributed by atoms with Gasteiger partial charge in [0, 0.05) is 11.5 Å². The summed E-state index contributed by atoms with van der Waals surface area (Å²) in [6.07, 6.45) is 0. The minimum absolute atomic E-state index is 0.163. The number of amides is 1. The van der Waals surface area contributed by atoms with E-state index in [4.69, 9.17) is 17.3 Å². The van der Waals surface area contributed by atoms with Crippen LogP contribution in [0.2, 0.25) is 5.02 Å². The lowest BCUT2D eigenvalue weighted by molar-refractivity contribution is 0.0997. The van der Waals surface area contributed by atoms with Crippen molar-refractivity contribution in [3.05, 3.63) is 44.0 Å². The zero-order valence-electron chi connectivity index (χ0n) is 9.48. The van der Waals surface area contributed by atoms with E-state index in [9.17, 15) is 4.79 Å². The van der Waals surface area contributed by atoms with E-state index in [1.807, 2.05) is 6.07 Å². The monoisotopic (exact) mass is 344 g/mol. The SMILES string of the molecule is CN(C(=O)c1sccc1Cl)c1ccc(Br)cc1N. The zero-order chi connectivity index (χ0) is 13.3. The van der Waals surface area contributed by atoms with E-state index in [0.717, 1.165) is 4.47 Å². The van der Waals surface area contributed by atoms with Gasteiger partial charge in [-0.15, -0.1) is 11.3 Å². The summed E-state index contributed by atoms with van der Waals surface area (Å²) in [6, 6.07) is 7.09. The van der Waals surface area contributed by atoms with Crippen molar-refractivity contribution in [3.63, 3.8) is 0 Å². The molecule has 0 unspecified atom stereocenters. The van der Waals surface area contributed by atoms with Crippen molar-refractivity contribution in [2.45, 2.75) is 0 Å². The minimum Gasteiger partial charge on any atom is -0.397 e. The Morgan fingerprint density at radius 3 is 2.72 bits per heavy atom. The number of hydrogen-bond acceptors (Lipinski definition) is 3. The molecule has 1 amide bonds. The molecule has 0 aliphatic heterocycles. The van der Waals surface area contributed by atoms with E-state index in [2.05, 4.69) is 15.9 Å². The largest absolute Gasteiger partial charge is 0.397 e. The summed E-state index contributed by atoms with van der Waals surface area (Å²) in [7, 11) is 1.68. The number of thiophene rings is 1. The fraction of sp³-hybridized carbons (Fsp3) is 0.0833. The lowest BCUT2D eigenvalue weighted by Gasteiger charge is -2.18. The molecule has 2 aromatic rings. The predicted octanol–water partition coefficient (Wildman–Crippen LogP) is 4.02. The second-order valence-corrected chi connectivity index (χ2v) is 5.90. The molecule has 0 bridgehead atoms. The van der Waals surface area contributed by atoms with Crippen LogP contribution >= 0.6 is 38.9 Å². The lowest BCUT2D eigenvalue weighted by Crippen LogP contribution is -2.26. The first-order valence-corrected chi connectivity index (χ1v) is 7.12. The fourth-order valence-corrected chi connectivity index (χ4v) is 3.03. The molecule has 2 rings (SSSR count). The van der Waals surface area contributed by atoms with Gasteiger partial charge in [0.05, 0.1) is 16.4 Å². The van der Waals surface area contributed by atoms with Crippen molar-refractivity contribution in [1.82, 2.24) is 0 Å². The molecule has 3 nitrogen and oxygen atoms in total. The average molecular weight is 346 g/mol. The second kappa shape index (κ2) is 5.30. The van der Waals surface area contributed by atoms with Crippen LogP contribution in [0.4, 0.5) is 11.4 Å². The van der Waals surface area contributed by atoms with Crippen molar-refractivity contribution in [2.24, 2.45) is 0 Å². The summed E-state index contributed by atoms with van der Waals surface area (Å²) in [5, 5.41) is 2.25. The van der Waals surface area contributed by atoms with E-state index in [-0.39, 0.29) is 5.91 Å². The Bertz CT molecular complexity index is 600. The maximum atomic E-state index is 12.2. The number of carbonyl (C=O) groups excluding carboxylic acids is 1. The van der Waals surface area contributed by atoms with Crippen molar-refractivity contribution in [1.29, 1.82) is 0 Å². The first-order valence-electron chi connectivity index (χ1n) is 5.07. The number of nitrogens with zero attached hydrogens (tertiary/aromatic N) is 1. The number of nitrogen functional groups attached to an aromatic ring is 1. The molecule has 1 aromatic heterocycles. The highest BCUT2D eigenvalue weighted by atomic mass is 79.9. The van der Waals surface area contributed by atoms with Crippen LogP contribution in [0, 0.1) is 0 Å². The van der Waals surface area contributed by atoms with Gasteiger partial charge < -0.3 is 10.6 Å². The van der Waals surface area contributed by atoms with E-state index < -0.39 is 0 Å². The molecule has 0 aliphatic carbocycles. The first kappa shape index (κ1) is 13.4. The second-order valence-electron chi connectivity index (χ2n) is 3.66. The predicted molar refractivity (Wildman–Crippen MR) is 80.6 cm³/mol. The van der Waals surface area contributed by atoms with Gasteiger partial charge in [0.15, 0.2) is 0 Å². The van der Waals surface area contributed by atoms with Gasteiger partial charge in [-0.3, -0.25) is 4.79 Å². The molecule has 0 fully saturated rings. The fourth-order valence-electron chi connectivity index (χ4n) is 1.54. The van der Waals surface area contributed by atoms with Gasteiger partial charge in [-0.2, -0.15) is 0 Å². The quantitative estimate of drug-likeness (QED) is 0.836. The third kappa shape index (κ3) is 2.53. The molecule has 0 spiro atoms. The number of rotatable bonds is 2. The molecule has 1 heterocycles. The van der Waals surface area contributed by atoms with Crippen LogP contribution < -0.4 is 10.6 Å². The van der Waals surface area contributed by atoms with Gasteiger partial charge in [0.2, 0.25) is 0 Å². The Labute approximate surface area is 122 Å². The van der Waals surface area contributed by atoms with E-state index >= 15 is 0 Å². The zero-order valence-corrected chi connectivity index (χ0v) is 12.6. The van der Waals surface area contributed by atoms with Crippen molar-refractivity contribution >= 4 is 56.1 Å². The summed E-state index contributed by atoms with van der Waals surface area (Å²) in [6.45, 7) is 0. The third-order valence-electron chi connectivity index (χ3n) is 2.47. The van der Waals surface area contributed by atoms with Gasteiger partial charge in [0.1, 0.15) is 4.88 Å². The maximum Gasteiger partial charge on any atom is 0.269 e. The normalized spacial score (nSPS) is 10.4. The number of carbonyl (C=O) groups is 1. The van der Waals surface area contributed by atoms with Gasteiger partial charge in [-0.1, -0.05) is 27.5 Å². The molecule has 0 saturated heterocycles. The van der Waals surface area contributed by atoms with Gasteiger partial charge in [-0.05, 0) is 29.6 Å². The maximum absolute atomic E-state index is 12.2. The minimum atomic E-state index is -0.163. The van der Waals surface area contributed by atoms with E-state index in [1.54, 1.807) is 30.6 Å². The van der Waals surface area contributed by atoms with Gasteiger partial charge in [-0.25, -0.2) is 0 Å². The molecule has 0 aliphatic rings. The summed E-state index contributed by atoms with van der Waals surface area (Å²) in [5.74, 6) is -0.163. The molecule has 0 saturated carbocycles. The summed E-state index contributed by atoms with van der Waals surface area (Å²) in [4.78, 5) is 14.3. The van der Waals surface area contributed by atoms with Crippen LogP contribution in [0.3, 0.4) is 0 Å². The Morgan fingerprint density at radius 1 is 1.44 bits per heavy atom. The van der Waals surface area contributed by atoms with Crippen molar-refractivity contribution in [2.75, 3.05) is 17.7 Å². The van der Waals surface area contributed by atoms with Crippen LogP contribution in [0.25, 0.3) is 0 Å². The number of nitrogens with two attached hydrogens (primary N) is 1. The Balaban J connectivity index is 2.34. The topological polar surface area (TPSA) is 46.3 Å². The summed E-state index contributed by atoms with van der Waals surface area (Å²) in [5.41, 5.74) is 7.09. The summed E-state index contributed by atoms with van der Waals surface area (Å²) >= 11 is 10.6. The van der Waals surface area contributed by atoms with Crippen LogP contribution in [0.5, 0.6) is 0 Å². The standard InChI is InChI=1S/C12H10BrClN2OS/c1-16(10-3-2-7(13)6-9(10)15)12(17)11-8(14)4-5-18-11/h2-6H,15H2,1H3. The molecule has 1 aromatic carbocycles. The van der Waals surface area contributed by atoms with Crippen LogP contribution in [-0.2, 0) is 0 Å². The Morgan fingerprint density at radius 2 is 2.17 bits per heavy atom. The van der Waals surface area contributed by atoms with Gasteiger partial charge >= 0.3 is 0 Å². The van der Waals surface area contributed by atoms with Crippen LogP contribution in [0.1, 0.15) is 9.67 Å². The van der Waals surface area contributed by atoms with Crippen molar-refractivity contribution < 1.29 is 4.79 Å². The highest BCUT2D eigenvalue weighted by molar-refractivity contribution is 9.10. The van der Waals surface area contributed by atoms with E-state index in [0.29, 0.717) is 21.3 Å². The Hall–Kier alpha value is -1.04.